The molecule has 0 aliphatic carbocycles. The maximum atomic E-state index is 12.1. The average molecular weight is 340 g/mol. The van der Waals surface area contributed by atoms with E-state index < -0.39 is 0 Å². The minimum Gasteiger partial charge on any atom is -0.460 e. The fourth-order valence-electron chi connectivity index (χ4n) is 2.50. The van der Waals surface area contributed by atoms with Crippen molar-refractivity contribution >= 4 is 18.3 Å². The molecule has 1 fully saturated rings. The summed E-state index contributed by atoms with van der Waals surface area (Å²) in [6.45, 7) is 7.45. The molecule has 3 heterocycles. The van der Waals surface area contributed by atoms with Crippen LogP contribution in [0, 0.1) is 6.92 Å². The van der Waals surface area contributed by atoms with Crippen molar-refractivity contribution in [2.75, 3.05) is 39.3 Å². The van der Waals surface area contributed by atoms with Crippen molar-refractivity contribution in [1.82, 2.24) is 25.7 Å². The standard InChI is InChI=1S/C15H21N5O2.ClH/c1-11-2-3-14(22-11)12-10-13(19-18-12)15(21)17-6-9-20-7-4-16-5-8-20;/h2-3,10,16H,4-9H2,1H3,(H,17,21)(H,18,19);1H. The molecule has 23 heavy (non-hydrogen) atoms. The van der Waals surface area contributed by atoms with Gasteiger partial charge in [0.1, 0.15) is 11.5 Å². The second kappa shape index (κ2) is 8.14. The molecule has 0 aromatic carbocycles. The maximum Gasteiger partial charge on any atom is 0.271 e. The molecule has 1 saturated heterocycles. The number of aryl methyl sites for hydroxylation is 1. The first kappa shape index (κ1) is 17.5. The molecule has 1 amide bonds. The summed E-state index contributed by atoms with van der Waals surface area (Å²) in [5.74, 6) is 1.34. The number of halogens is 1. The fraction of sp³-hybridized carbons (Fsp3) is 0.467. The number of H-pyrrole nitrogens is 1. The van der Waals surface area contributed by atoms with Crippen molar-refractivity contribution in [3.8, 4) is 11.5 Å². The molecule has 1 aliphatic heterocycles. The van der Waals surface area contributed by atoms with E-state index in [1.165, 1.54) is 0 Å². The van der Waals surface area contributed by atoms with E-state index in [2.05, 4.69) is 25.7 Å². The molecule has 8 heteroatoms. The van der Waals surface area contributed by atoms with E-state index in [1.807, 2.05) is 19.1 Å². The van der Waals surface area contributed by atoms with Crippen LogP contribution >= 0.6 is 12.4 Å². The third kappa shape index (κ3) is 4.57. The molecule has 0 atom stereocenters. The summed E-state index contributed by atoms with van der Waals surface area (Å²) in [6.07, 6.45) is 0. The topological polar surface area (TPSA) is 86.2 Å². The number of furan rings is 1. The van der Waals surface area contributed by atoms with Crippen LogP contribution in [0.15, 0.2) is 22.6 Å². The first-order valence-electron chi connectivity index (χ1n) is 7.56. The lowest BCUT2D eigenvalue weighted by Gasteiger charge is -2.26. The van der Waals surface area contributed by atoms with Crippen LogP contribution in [0.2, 0.25) is 0 Å². The summed E-state index contributed by atoms with van der Waals surface area (Å²) in [5, 5.41) is 13.1. The Labute approximate surface area is 141 Å². The van der Waals surface area contributed by atoms with Gasteiger partial charge < -0.3 is 15.1 Å². The molecule has 126 valence electrons. The molecular weight excluding hydrogens is 318 g/mol. The number of hydrogen-bond acceptors (Lipinski definition) is 5. The molecule has 2 aromatic rings. The van der Waals surface area contributed by atoms with Crippen LogP contribution in [0.25, 0.3) is 11.5 Å². The van der Waals surface area contributed by atoms with E-state index in [0.717, 1.165) is 38.5 Å². The molecule has 1 aliphatic rings. The predicted octanol–water partition coefficient (Wildman–Crippen LogP) is 1.03. The molecule has 2 aromatic heterocycles. The minimum absolute atomic E-state index is 0. The Bertz CT molecular complexity index is 633. The van der Waals surface area contributed by atoms with Gasteiger partial charge in [-0.3, -0.25) is 14.8 Å². The highest BCUT2D eigenvalue weighted by molar-refractivity contribution is 5.93. The van der Waals surface area contributed by atoms with Crippen LogP contribution in [-0.4, -0.2) is 60.3 Å². The summed E-state index contributed by atoms with van der Waals surface area (Å²) >= 11 is 0. The number of aromatic amines is 1. The largest absolute Gasteiger partial charge is 0.460 e. The van der Waals surface area contributed by atoms with Crippen molar-refractivity contribution in [2.24, 2.45) is 0 Å². The lowest BCUT2D eigenvalue weighted by molar-refractivity contribution is 0.0942. The monoisotopic (exact) mass is 339 g/mol. The van der Waals surface area contributed by atoms with Gasteiger partial charge in [-0.25, -0.2) is 0 Å². The first-order chi connectivity index (χ1) is 10.7. The number of piperazine rings is 1. The molecule has 3 rings (SSSR count). The van der Waals surface area contributed by atoms with Crippen molar-refractivity contribution in [2.45, 2.75) is 6.92 Å². The molecule has 0 unspecified atom stereocenters. The van der Waals surface area contributed by atoms with Crippen molar-refractivity contribution in [3.05, 3.63) is 29.7 Å². The van der Waals surface area contributed by atoms with Gasteiger partial charge in [-0.15, -0.1) is 12.4 Å². The second-order valence-corrected chi connectivity index (χ2v) is 5.42. The zero-order chi connectivity index (χ0) is 15.4. The molecular formula is C15H22ClN5O2. The maximum absolute atomic E-state index is 12.1. The van der Waals surface area contributed by atoms with Crippen molar-refractivity contribution in [3.63, 3.8) is 0 Å². The van der Waals surface area contributed by atoms with Crippen LogP contribution in [0.5, 0.6) is 0 Å². The highest BCUT2D eigenvalue weighted by atomic mass is 35.5. The summed E-state index contributed by atoms with van der Waals surface area (Å²) in [5.41, 5.74) is 1.09. The first-order valence-corrected chi connectivity index (χ1v) is 7.56. The Balaban J connectivity index is 0.00000192. The lowest BCUT2D eigenvalue weighted by Crippen LogP contribution is -2.46. The summed E-state index contributed by atoms with van der Waals surface area (Å²) in [6, 6.07) is 5.44. The zero-order valence-electron chi connectivity index (χ0n) is 13.1. The van der Waals surface area contributed by atoms with Crippen LogP contribution in [0.4, 0.5) is 0 Å². The van der Waals surface area contributed by atoms with E-state index in [9.17, 15) is 4.79 Å². The Morgan fingerprint density at radius 3 is 2.87 bits per heavy atom. The predicted molar refractivity (Wildman–Crippen MR) is 89.9 cm³/mol. The molecule has 0 radical (unpaired) electrons. The Morgan fingerprint density at radius 1 is 1.39 bits per heavy atom. The Hall–Kier alpha value is -1.83. The third-order valence-corrected chi connectivity index (χ3v) is 3.74. The number of aromatic nitrogens is 2. The average Bonchev–Trinajstić information content (AvgIpc) is 3.17. The zero-order valence-corrected chi connectivity index (χ0v) is 13.9. The number of nitrogens with one attached hydrogen (secondary N) is 3. The fourth-order valence-corrected chi connectivity index (χ4v) is 2.50. The molecule has 0 spiro atoms. The van der Waals surface area contributed by atoms with Gasteiger partial charge in [0.2, 0.25) is 0 Å². The minimum atomic E-state index is -0.166. The van der Waals surface area contributed by atoms with E-state index in [4.69, 9.17) is 4.42 Å². The van der Waals surface area contributed by atoms with E-state index in [1.54, 1.807) is 6.07 Å². The SMILES string of the molecule is Cc1ccc(-c2cc(C(=O)NCCN3CCNCC3)n[nH]2)o1.Cl. The van der Waals surface area contributed by atoms with Crippen LogP contribution in [-0.2, 0) is 0 Å². The molecule has 0 bridgehead atoms. The summed E-state index contributed by atoms with van der Waals surface area (Å²) < 4.78 is 5.51. The van der Waals surface area contributed by atoms with Gasteiger partial charge in [0.15, 0.2) is 11.5 Å². The number of nitrogens with zero attached hydrogens (tertiary/aromatic N) is 2. The van der Waals surface area contributed by atoms with E-state index in [0.29, 0.717) is 23.7 Å². The highest BCUT2D eigenvalue weighted by Gasteiger charge is 2.14. The van der Waals surface area contributed by atoms with E-state index >= 15 is 0 Å². The Kier molecular flexibility index (Phi) is 6.20. The normalized spacial score (nSPS) is 15.2. The van der Waals surface area contributed by atoms with Gasteiger partial charge in [0.25, 0.3) is 5.91 Å². The van der Waals surface area contributed by atoms with Crippen molar-refractivity contribution < 1.29 is 9.21 Å². The van der Waals surface area contributed by atoms with Crippen LogP contribution in [0.3, 0.4) is 0 Å². The second-order valence-electron chi connectivity index (χ2n) is 5.42. The number of hydrogen-bond donors (Lipinski definition) is 3. The molecule has 0 saturated carbocycles. The summed E-state index contributed by atoms with van der Waals surface area (Å²) in [4.78, 5) is 14.4. The highest BCUT2D eigenvalue weighted by Crippen LogP contribution is 2.20. The summed E-state index contributed by atoms with van der Waals surface area (Å²) in [7, 11) is 0. The van der Waals surface area contributed by atoms with Gasteiger partial charge in [-0.1, -0.05) is 0 Å². The number of amides is 1. The molecule has 7 nitrogen and oxygen atoms in total. The van der Waals surface area contributed by atoms with Gasteiger partial charge in [0.05, 0.1) is 0 Å². The smallest absolute Gasteiger partial charge is 0.271 e. The number of carbonyl (C=O) groups is 1. The van der Waals surface area contributed by atoms with E-state index in [-0.39, 0.29) is 18.3 Å². The van der Waals surface area contributed by atoms with Gasteiger partial charge >= 0.3 is 0 Å². The van der Waals surface area contributed by atoms with Gasteiger partial charge in [0, 0.05) is 45.3 Å². The van der Waals surface area contributed by atoms with Crippen molar-refractivity contribution in [1.29, 1.82) is 0 Å². The van der Waals surface area contributed by atoms with Gasteiger partial charge in [-0.2, -0.15) is 5.10 Å². The number of carbonyl (C=O) groups excluding carboxylic acids is 1. The van der Waals surface area contributed by atoms with Crippen LogP contribution < -0.4 is 10.6 Å². The van der Waals surface area contributed by atoms with Gasteiger partial charge in [-0.05, 0) is 19.1 Å². The Morgan fingerprint density at radius 2 is 2.17 bits per heavy atom. The number of rotatable bonds is 5. The third-order valence-electron chi connectivity index (χ3n) is 3.74. The van der Waals surface area contributed by atoms with Crippen LogP contribution in [0.1, 0.15) is 16.2 Å². The quantitative estimate of drug-likeness (QED) is 0.757. The lowest BCUT2D eigenvalue weighted by atomic mass is 10.3. The molecule has 3 N–H and O–H groups in total.